The average molecular weight is 263 g/mol. The van der Waals surface area contributed by atoms with Crippen LogP contribution < -0.4 is 4.74 Å². The van der Waals surface area contributed by atoms with Gasteiger partial charge >= 0.3 is 0 Å². The van der Waals surface area contributed by atoms with E-state index < -0.39 is 6.10 Å². The Morgan fingerprint density at radius 1 is 1.47 bits per heavy atom. The molecule has 104 valence electrons. The van der Waals surface area contributed by atoms with E-state index in [-0.39, 0.29) is 19.1 Å². The number of ether oxygens (including phenoxy) is 1. The van der Waals surface area contributed by atoms with Gasteiger partial charge in [-0.15, -0.1) is 6.58 Å². The van der Waals surface area contributed by atoms with Crippen LogP contribution in [0.4, 0.5) is 0 Å². The van der Waals surface area contributed by atoms with Crippen molar-refractivity contribution in [3.63, 3.8) is 0 Å². The molecule has 4 heteroatoms. The third kappa shape index (κ3) is 4.75. The molecule has 0 aliphatic rings. The summed E-state index contributed by atoms with van der Waals surface area (Å²) in [4.78, 5) is 13.7. The molecule has 0 saturated carbocycles. The smallest absolute Gasteiger partial charge is 0.263 e. The highest BCUT2D eigenvalue weighted by molar-refractivity contribution is 5.81. The molecular weight excluding hydrogens is 242 g/mol. The summed E-state index contributed by atoms with van der Waals surface area (Å²) in [6.07, 6.45) is 1.04. The standard InChI is InChI=1S/C15H21NO3/c1-4-9-16(10-11-17)15(18)13(3)19-14-7-5-12(2)6-8-14/h4-8,13,17H,1,9-11H2,2-3H3. The lowest BCUT2D eigenvalue weighted by Crippen LogP contribution is -2.42. The number of carbonyl (C=O) groups is 1. The average Bonchev–Trinajstić information content (AvgIpc) is 2.40. The van der Waals surface area contributed by atoms with Crippen molar-refractivity contribution < 1.29 is 14.6 Å². The van der Waals surface area contributed by atoms with Crippen LogP contribution in [-0.2, 0) is 4.79 Å². The normalized spacial score (nSPS) is 11.7. The summed E-state index contributed by atoms with van der Waals surface area (Å²) < 4.78 is 5.60. The molecular formula is C15H21NO3. The number of benzene rings is 1. The lowest BCUT2D eigenvalue weighted by molar-refractivity contribution is -0.137. The van der Waals surface area contributed by atoms with Crippen molar-refractivity contribution in [2.45, 2.75) is 20.0 Å². The molecule has 0 spiro atoms. The molecule has 4 nitrogen and oxygen atoms in total. The minimum atomic E-state index is -0.589. The van der Waals surface area contributed by atoms with Gasteiger partial charge in [-0.1, -0.05) is 23.8 Å². The summed E-state index contributed by atoms with van der Waals surface area (Å²) in [6.45, 7) is 7.91. The maximum absolute atomic E-state index is 12.1. The molecule has 0 aliphatic heterocycles. The zero-order chi connectivity index (χ0) is 14.3. The van der Waals surface area contributed by atoms with Crippen molar-refractivity contribution in [3.05, 3.63) is 42.5 Å². The first-order valence-corrected chi connectivity index (χ1v) is 6.32. The predicted octanol–water partition coefficient (Wildman–Crippen LogP) is 1.77. The Labute approximate surface area is 114 Å². The third-order valence-corrected chi connectivity index (χ3v) is 2.71. The molecule has 0 heterocycles. The fourth-order valence-corrected chi connectivity index (χ4v) is 1.70. The van der Waals surface area contributed by atoms with E-state index in [9.17, 15) is 4.79 Å². The quantitative estimate of drug-likeness (QED) is 0.763. The van der Waals surface area contributed by atoms with Crippen LogP contribution in [0, 0.1) is 6.92 Å². The van der Waals surface area contributed by atoms with E-state index in [2.05, 4.69) is 6.58 Å². The van der Waals surface area contributed by atoms with E-state index in [1.165, 1.54) is 4.90 Å². The summed E-state index contributed by atoms with van der Waals surface area (Å²) in [5.74, 6) is 0.503. The number of hydrogen-bond donors (Lipinski definition) is 1. The fourth-order valence-electron chi connectivity index (χ4n) is 1.70. The van der Waals surface area contributed by atoms with Gasteiger partial charge < -0.3 is 14.7 Å². The molecule has 1 unspecified atom stereocenters. The number of carbonyl (C=O) groups excluding carboxylic acids is 1. The van der Waals surface area contributed by atoms with Gasteiger partial charge in [0.05, 0.1) is 6.61 Å². The second-order valence-corrected chi connectivity index (χ2v) is 4.37. The second-order valence-electron chi connectivity index (χ2n) is 4.37. The van der Waals surface area contributed by atoms with Gasteiger partial charge in [-0.2, -0.15) is 0 Å². The van der Waals surface area contributed by atoms with Crippen molar-refractivity contribution in [1.29, 1.82) is 0 Å². The van der Waals surface area contributed by atoms with Gasteiger partial charge in [-0.05, 0) is 26.0 Å². The van der Waals surface area contributed by atoms with Gasteiger partial charge in [-0.25, -0.2) is 0 Å². The molecule has 0 fully saturated rings. The highest BCUT2D eigenvalue weighted by Gasteiger charge is 2.20. The lowest BCUT2D eigenvalue weighted by Gasteiger charge is -2.24. The summed E-state index contributed by atoms with van der Waals surface area (Å²) in [5.41, 5.74) is 1.14. The number of aliphatic hydroxyl groups is 1. The lowest BCUT2D eigenvalue weighted by atomic mass is 10.2. The van der Waals surface area contributed by atoms with Crippen LogP contribution >= 0.6 is 0 Å². The maximum atomic E-state index is 12.1. The molecule has 1 amide bonds. The van der Waals surface area contributed by atoms with E-state index in [0.29, 0.717) is 12.3 Å². The Kier molecular flexibility index (Phi) is 6.09. The van der Waals surface area contributed by atoms with Crippen molar-refractivity contribution in [3.8, 4) is 5.75 Å². The molecule has 1 rings (SSSR count). The van der Waals surface area contributed by atoms with Crippen LogP contribution in [0.1, 0.15) is 12.5 Å². The molecule has 1 aromatic rings. The van der Waals surface area contributed by atoms with E-state index in [4.69, 9.17) is 9.84 Å². The zero-order valence-corrected chi connectivity index (χ0v) is 11.5. The summed E-state index contributed by atoms with van der Waals surface area (Å²) in [7, 11) is 0. The van der Waals surface area contributed by atoms with Gasteiger partial charge in [0.25, 0.3) is 5.91 Å². The topological polar surface area (TPSA) is 49.8 Å². The molecule has 1 N–H and O–H groups in total. The minimum absolute atomic E-state index is 0.0726. The molecule has 1 atom stereocenters. The summed E-state index contributed by atoms with van der Waals surface area (Å²) in [6, 6.07) is 7.54. The summed E-state index contributed by atoms with van der Waals surface area (Å²) in [5, 5.41) is 8.95. The van der Waals surface area contributed by atoms with Crippen molar-refractivity contribution in [1.82, 2.24) is 4.90 Å². The Balaban J connectivity index is 2.64. The molecule has 19 heavy (non-hydrogen) atoms. The van der Waals surface area contributed by atoms with E-state index in [1.54, 1.807) is 13.0 Å². The van der Waals surface area contributed by atoms with Gasteiger partial charge in [0.15, 0.2) is 6.10 Å². The monoisotopic (exact) mass is 263 g/mol. The van der Waals surface area contributed by atoms with Gasteiger partial charge in [0.1, 0.15) is 5.75 Å². The van der Waals surface area contributed by atoms with Gasteiger partial charge in [-0.3, -0.25) is 4.79 Å². The Morgan fingerprint density at radius 2 is 2.11 bits per heavy atom. The van der Waals surface area contributed by atoms with Crippen molar-refractivity contribution >= 4 is 5.91 Å². The van der Waals surface area contributed by atoms with Crippen LogP contribution in [-0.4, -0.2) is 41.7 Å². The molecule has 1 aromatic carbocycles. The molecule has 0 radical (unpaired) electrons. The van der Waals surface area contributed by atoms with Gasteiger partial charge in [0.2, 0.25) is 0 Å². The van der Waals surface area contributed by atoms with E-state index in [0.717, 1.165) is 5.56 Å². The first kappa shape index (κ1) is 15.2. The first-order chi connectivity index (χ1) is 9.08. The highest BCUT2D eigenvalue weighted by Crippen LogP contribution is 2.14. The molecule has 0 saturated heterocycles. The Hall–Kier alpha value is -1.81. The molecule has 0 aromatic heterocycles. The van der Waals surface area contributed by atoms with E-state index >= 15 is 0 Å². The van der Waals surface area contributed by atoms with Crippen molar-refractivity contribution in [2.75, 3.05) is 19.7 Å². The summed E-state index contributed by atoms with van der Waals surface area (Å²) >= 11 is 0. The molecule has 0 bridgehead atoms. The third-order valence-electron chi connectivity index (χ3n) is 2.71. The highest BCUT2D eigenvalue weighted by atomic mass is 16.5. The second kappa shape index (κ2) is 7.59. The largest absolute Gasteiger partial charge is 0.481 e. The van der Waals surface area contributed by atoms with E-state index in [1.807, 2.05) is 31.2 Å². The fraction of sp³-hybridized carbons (Fsp3) is 0.400. The number of nitrogens with zero attached hydrogens (tertiary/aromatic N) is 1. The number of rotatable bonds is 7. The predicted molar refractivity (Wildman–Crippen MR) is 75.1 cm³/mol. The van der Waals surface area contributed by atoms with Crippen molar-refractivity contribution in [2.24, 2.45) is 0 Å². The minimum Gasteiger partial charge on any atom is -0.481 e. The van der Waals surface area contributed by atoms with Crippen LogP contribution in [0.15, 0.2) is 36.9 Å². The number of amides is 1. The first-order valence-electron chi connectivity index (χ1n) is 6.32. The van der Waals surface area contributed by atoms with Crippen LogP contribution in [0.5, 0.6) is 5.75 Å². The SMILES string of the molecule is C=CCN(CCO)C(=O)C(C)Oc1ccc(C)cc1. The van der Waals surface area contributed by atoms with Crippen LogP contribution in [0.2, 0.25) is 0 Å². The van der Waals surface area contributed by atoms with Crippen LogP contribution in [0.3, 0.4) is 0 Å². The van der Waals surface area contributed by atoms with Gasteiger partial charge in [0, 0.05) is 13.1 Å². The van der Waals surface area contributed by atoms with Crippen LogP contribution in [0.25, 0.3) is 0 Å². The molecule has 0 aliphatic carbocycles. The maximum Gasteiger partial charge on any atom is 0.263 e. The number of aryl methyl sites for hydroxylation is 1. The number of aliphatic hydroxyl groups excluding tert-OH is 1. The zero-order valence-electron chi connectivity index (χ0n) is 11.5. The number of hydrogen-bond acceptors (Lipinski definition) is 3. The Morgan fingerprint density at radius 3 is 2.63 bits per heavy atom. The Bertz CT molecular complexity index is 414.